The Kier molecular flexibility index (Phi) is 5.58. The van der Waals surface area contributed by atoms with Gasteiger partial charge in [-0.05, 0) is 36.8 Å². The second-order valence-electron chi connectivity index (χ2n) is 6.59. The van der Waals surface area contributed by atoms with E-state index >= 15 is 0 Å². The zero-order valence-corrected chi connectivity index (χ0v) is 17.2. The Morgan fingerprint density at radius 3 is 2.57 bits per heavy atom. The van der Waals surface area contributed by atoms with Crippen LogP contribution in [0.4, 0.5) is 9.52 Å². The van der Waals surface area contributed by atoms with Crippen LogP contribution < -0.4 is 10.6 Å². The minimum absolute atomic E-state index is 0.288. The molecule has 0 radical (unpaired) electrons. The van der Waals surface area contributed by atoms with Crippen LogP contribution in [0.15, 0.2) is 70.5 Å². The Hall–Kier alpha value is -3.52. The summed E-state index contributed by atoms with van der Waals surface area (Å²) in [4.78, 5) is 21.5. The highest BCUT2D eigenvalue weighted by atomic mass is 32.1. The number of hydrogen-bond donors (Lipinski definition) is 2. The van der Waals surface area contributed by atoms with E-state index in [1.807, 2.05) is 42.6 Å². The number of carbonyl (C=O) groups is 1. The lowest BCUT2D eigenvalue weighted by molar-refractivity contribution is -0.136. The molecule has 1 aliphatic heterocycles. The van der Waals surface area contributed by atoms with Crippen molar-refractivity contribution in [3.05, 3.63) is 76.9 Å². The van der Waals surface area contributed by atoms with Crippen molar-refractivity contribution in [2.75, 3.05) is 12.4 Å². The van der Waals surface area contributed by atoms with Gasteiger partial charge < -0.3 is 15.4 Å². The van der Waals surface area contributed by atoms with E-state index in [4.69, 9.17) is 4.74 Å². The van der Waals surface area contributed by atoms with Gasteiger partial charge in [-0.1, -0.05) is 30.3 Å². The van der Waals surface area contributed by atoms with Crippen LogP contribution in [-0.4, -0.2) is 30.1 Å². The largest absolute Gasteiger partial charge is 0.466 e. The third-order valence-electron chi connectivity index (χ3n) is 4.59. The fraction of sp³-hybridized carbons (Fsp3) is 0.136. The maximum absolute atomic E-state index is 13.2. The molecule has 2 heterocycles. The van der Waals surface area contributed by atoms with Gasteiger partial charge in [0, 0.05) is 10.9 Å². The van der Waals surface area contributed by atoms with Gasteiger partial charge in [-0.2, -0.15) is 0 Å². The molecule has 0 saturated carbocycles. The molecule has 6 nitrogen and oxygen atoms in total. The number of anilines is 1. The van der Waals surface area contributed by atoms with Crippen molar-refractivity contribution < 1.29 is 13.9 Å². The monoisotopic (exact) mass is 422 g/mol. The number of thiazole rings is 1. The van der Waals surface area contributed by atoms with E-state index in [9.17, 15) is 9.18 Å². The van der Waals surface area contributed by atoms with Gasteiger partial charge in [0.25, 0.3) is 0 Å². The quantitative estimate of drug-likeness (QED) is 0.614. The van der Waals surface area contributed by atoms with E-state index < -0.39 is 12.0 Å². The molecule has 2 aromatic carbocycles. The maximum Gasteiger partial charge on any atom is 0.338 e. The highest BCUT2D eigenvalue weighted by molar-refractivity contribution is 7.14. The highest BCUT2D eigenvalue weighted by Crippen LogP contribution is 2.27. The van der Waals surface area contributed by atoms with Gasteiger partial charge >= 0.3 is 5.97 Å². The number of methoxy groups -OCH3 is 1. The number of ether oxygens (including phenoxy) is 1. The summed E-state index contributed by atoms with van der Waals surface area (Å²) in [6.45, 7) is 1.84. The number of esters is 1. The number of aliphatic imine (C=N–C) groups is 1. The van der Waals surface area contributed by atoms with Crippen molar-refractivity contribution in [1.82, 2.24) is 10.3 Å². The Morgan fingerprint density at radius 1 is 1.13 bits per heavy atom. The first-order chi connectivity index (χ1) is 14.5. The topological polar surface area (TPSA) is 75.6 Å². The minimum Gasteiger partial charge on any atom is -0.466 e. The van der Waals surface area contributed by atoms with Crippen molar-refractivity contribution in [3.63, 3.8) is 0 Å². The zero-order valence-electron chi connectivity index (χ0n) is 16.3. The van der Waals surface area contributed by atoms with Gasteiger partial charge in [0.15, 0.2) is 5.13 Å². The van der Waals surface area contributed by atoms with Gasteiger partial charge in [0.2, 0.25) is 5.96 Å². The minimum atomic E-state index is -0.426. The smallest absolute Gasteiger partial charge is 0.338 e. The van der Waals surface area contributed by atoms with Crippen LogP contribution in [0.3, 0.4) is 0 Å². The van der Waals surface area contributed by atoms with E-state index in [1.54, 1.807) is 12.1 Å². The Balaban J connectivity index is 1.59. The van der Waals surface area contributed by atoms with Crippen molar-refractivity contribution in [3.8, 4) is 11.3 Å². The first-order valence-corrected chi connectivity index (χ1v) is 10.1. The summed E-state index contributed by atoms with van der Waals surface area (Å²) >= 11 is 1.41. The Bertz CT molecular complexity index is 1120. The standard InChI is InChI=1S/C22H19FN4O2S/c1-13-18(20(28)29-2)19(15-6-4-3-5-7-15)26-21(24-13)27-22-25-17(12-30-22)14-8-10-16(23)11-9-14/h3-13H,1-2H3,(H2,24,25,26,27). The van der Waals surface area contributed by atoms with Crippen molar-refractivity contribution in [2.24, 2.45) is 4.99 Å². The van der Waals surface area contributed by atoms with Gasteiger partial charge in [-0.15, -0.1) is 11.3 Å². The summed E-state index contributed by atoms with van der Waals surface area (Å²) < 4.78 is 18.1. The van der Waals surface area contributed by atoms with Gasteiger partial charge in [0.1, 0.15) is 5.82 Å². The molecular formula is C22H19FN4O2S. The van der Waals surface area contributed by atoms with E-state index in [2.05, 4.69) is 20.6 Å². The van der Waals surface area contributed by atoms with Crippen molar-refractivity contribution in [2.45, 2.75) is 13.0 Å². The second-order valence-corrected chi connectivity index (χ2v) is 7.45. The Labute approximate surface area is 177 Å². The van der Waals surface area contributed by atoms with Gasteiger partial charge in [0.05, 0.1) is 30.1 Å². The van der Waals surface area contributed by atoms with Crippen LogP contribution in [0, 0.1) is 5.82 Å². The zero-order chi connectivity index (χ0) is 21.1. The predicted octanol–water partition coefficient (Wildman–Crippen LogP) is 4.29. The fourth-order valence-corrected chi connectivity index (χ4v) is 3.87. The van der Waals surface area contributed by atoms with Crippen LogP contribution >= 0.6 is 11.3 Å². The van der Waals surface area contributed by atoms with Crippen molar-refractivity contribution >= 4 is 34.1 Å². The molecule has 0 bridgehead atoms. The molecule has 1 atom stereocenters. The lowest BCUT2D eigenvalue weighted by atomic mass is 10.00. The third kappa shape index (κ3) is 4.08. The molecule has 1 aliphatic rings. The summed E-state index contributed by atoms with van der Waals surface area (Å²) in [6.07, 6.45) is 0. The number of halogens is 1. The average Bonchev–Trinajstić information content (AvgIpc) is 3.22. The normalized spacial score (nSPS) is 16.0. The lowest BCUT2D eigenvalue weighted by Crippen LogP contribution is -2.38. The number of aromatic nitrogens is 1. The maximum atomic E-state index is 13.2. The lowest BCUT2D eigenvalue weighted by Gasteiger charge is -2.25. The molecule has 0 amide bonds. The Morgan fingerprint density at radius 2 is 1.87 bits per heavy atom. The molecule has 1 aromatic heterocycles. The molecule has 152 valence electrons. The second kappa shape index (κ2) is 8.46. The van der Waals surface area contributed by atoms with Crippen LogP contribution in [0.5, 0.6) is 0 Å². The number of guanidine groups is 1. The van der Waals surface area contributed by atoms with E-state index in [-0.39, 0.29) is 5.82 Å². The molecule has 30 heavy (non-hydrogen) atoms. The molecule has 0 saturated heterocycles. The summed E-state index contributed by atoms with van der Waals surface area (Å²) in [7, 11) is 1.36. The first kappa shape index (κ1) is 19.8. The number of hydrogen-bond acceptors (Lipinski definition) is 7. The van der Waals surface area contributed by atoms with Crippen LogP contribution in [-0.2, 0) is 9.53 Å². The SMILES string of the molecule is COC(=O)C1=C(c2ccccc2)NC(Nc2nc(-c3ccc(F)cc3)cs2)=NC1C. The van der Waals surface area contributed by atoms with Crippen molar-refractivity contribution in [1.29, 1.82) is 0 Å². The summed E-state index contributed by atoms with van der Waals surface area (Å²) in [5.74, 6) is -0.234. The predicted molar refractivity (Wildman–Crippen MR) is 117 cm³/mol. The molecule has 4 rings (SSSR count). The molecule has 3 aromatic rings. The number of rotatable bonds is 4. The molecule has 0 spiro atoms. The number of nitrogens with one attached hydrogen (secondary N) is 2. The van der Waals surface area contributed by atoms with E-state index in [0.29, 0.717) is 22.4 Å². The molecule has 1 unspecified atom stereocenters. The molecule has 0 aliphatic carbocycles. The molecular weight excluding hydrogens is 403 g/mol. The molecule has 0 fully saturated rings. The molecule has 2 N–H and O–H groups in total. The van der Waals surface area contributed by atoms with Crippen LogP contribution in [0.1, 0.15) is 12.5 Å². The summed E-state index contributed by atoms with van der Waals surface area (Å²) in [5, 5.41) is 8.89. The van der Waals surface area contributed by atoms with Crippen LogP contribution in [0.2, 0.25) is 0 Å². The third-order valence-corrected chi connectivity index (χ3v) is 5.35. The highest BCUT2D eigenvalue weighted by Gasteiger charge is 2.28. The van der Waals surface area contributed by atoms with E-state index in [0.717, 1.165) is 16.8 Å². The number of nitrogens with zero attached hydrogens (tertiary/aromatic N) is 2. The van der Waals surface area contributed by atoms with Gasteiger partial charge in [-0.3, -0.25) is 0 Å². The average molecular weight is 422 g/mol. The first-order valence-electron chi connectivity index (χ1n) is 9.26. The fourth-order valence-electron chi connectivity index (χ4n) is 3.15. The van der Waals surface area contributed by atoms with E-state index in [1.165, 1.54) is 30.6 Å². The number of carbonyl (C=O) groups excluding carboxylic acids is 1. The summed E-state index contributed by atoms with van der Waals surface area (Å²) in [6, 6.07) is 15.3. The summed E-state index contributed by atoms with van der Waals surface area (Å²) in [5.41, 5.74) is 3.51. The number of benzene rings is 2. The van der Waals surface area contributed by atoms with Crippen LogP contribution in [0.25, 0.3) is 17.0 Å². The van der Waals surface area contributed by atoms with Gasteiger partial charge in [-0.25, -0.2) is 19.2 Å². The molecule has 8 heteroatoms.